The number of aryl methyl sites for hydroxylation is 1. The van der Waals surface area contributed by atoms with E-state index in [9.17, 15) is 5.11 Å². The van der Waals surface area contributed by atoms with Gasteiger partial charge in [0, 0.05) is 0 Å². The molecule has 0 aromatic heterocycles. The number of aliphatic imine (C=N–C) groups is 1. The quantitative estimate of drug-likeness (QED) is 0.830. The van der Waals surface area contributed by atoms with Crippen LogP contribution in [0.2, 0.25) is 0 Å². The predicted molar refractivity (Wildman–Crippen MR) is 64.0 cm³/mol. The number of hydrogen-bond acceptors (Lipinski definition) is 3. The van der Waals surface area contributed by atoms with Gasteiger partial charge in [-0.25, -0.2) is 4.99 Å². The van der Waals surface area contributed by atoms with E-state index < -0.39 is 0 Å². The topological polar surface area (TPSA) is 41.8 Å². The lowest BCUT2D eigenvalue weighted by Gasteiger charge is -2.06. The number of rotatable bonds is 2. The average Bonchev–Trinajstić information content (AvgIpc) is 2.66. The Bertz CT molecular complexity index is 424. The van der Waals surface area contributed by atoms with E-state index in [0.29, 0.717) is 24.0 Å². The third-order valence-electron chi connectivity index (χ3n) is 2.83. The average molecular weight is 219 g/mol. The third-order valence-corrected chi connectivity index (χ3v) is 2.83. The maximum Gasteiger partial charge on any atom is 0.220 e. The molecule has 0 fully saturated rings. The Labute approximate surface area is 95.8 Å². The van der Waals surface area contributed by atoms with E-state index in [2.05, 4.69) is 18.8 Å². The molecule has 86 valence electrons. The Balaban J connectivity index is 2.29. The fourth-order valence-corrected chi connectivity index (χ4v) is 1.70. The molecule has 0 radical (unpaired) electrons. The van der Waals surface area contributed by atoms with Crippen molar-refractivity contribution < 1.29 is 9.84 Å². The standard InChI is InChI=1S/C13H17NO2/c1-8(2)11-7-16-13(14-11)10-5-4-9(3)6-12(10)15/h4-6,8,11,15H,7H2,1-3H3/t11-/m0/s1. The summed E-state index contributed by atoms with van der Waals surface area (Å²) >= 11 is 0. The fourth-order valence-electron chi connectivity index (χ4n) is 1.70. The van der Waals surface area contributed by atoms with Gasteiger partial charge in [0.25, 0.3) is 0 Å². The summed E-state index contributed by atoms with van der Waals surface area (Å²) in [5, 5.41) is 9.82. The minimum Gasteiger partial charge on any atom is -0.507 e. The molecule has 2 rings (SSSR count). The van der Waals surface area contributed by atoms with E-state index >= 15 is 0 Å². The third kappa shape index (κ3) is 2.03. The van der Waals surface area contributed by atoms with Crippen LogP contribution < -0.4 is 0 Å². The van der Waals surface area contributed by atoms with Crippen molar-refractivity contribution >= 4 is 5.90 Å². The molecule has 3 heteroatoms. The van der Waals surface area contributed by atoms with Gasteiger partial charge in [-0.3, -0.25) is 0 Å². The number of phenols is 1. The van der Waals surface area contributed by atoms with Gasteiger partial charge in [-0.05, 0) is 30.5 Å². The molecule has 1 aromatic carbocycles. The molecule has 1 aliphatic heterocycles. The summed E-state index contributed by atoms with van der Waals surface area (Å²) in [7, 11) is 0. The van der Waals surface area contributed by atoms with Crippen LogP contribution in [-0.4, -0.2) is 23.7 Å². The van der Waals surface area contributed by atoms with Gasteiger partial charge in [-0.2, -0.15) is 0 Å². The van der Waals surface area contributed by atoms with Crippen LogP contribution in [-0.2, 0) is 4.74 Å². The van der Waals surface area contributed by atoms with Gasteiger partial charge in [0.1, 0.15) is 12.4 Å². The molecule has 1 atom stereocenters. The summed E-state index contributed by atoms with van der Waals surface area (Å²) in [6.45, 7) is 6.79. The number of hydrogen-bond donors (Lipinski definition) is 1. The fraction of sp³-hybridized carbons (Fsp3) is 0.462. The minimum atomic E-state index is 0.204. The Morgan fingerprint density at radius 1 is 1.44 bits per heavy atom. The van der Waals surface area contributed by atoms with Crippen LogP contribution in [0.1, 0.15) is 25.0 Å². The second-order valence-corrected chi connectivity index (χ2v) is 4.58. The second kappa shape index (κ2) is 4.16. The highest BCUT2D eigenvalue weighted by Crippen LogP contribution is 2.24. The normalized spacial score (nSPS) is 19.8. The summed E-state index contributed by atoms with van der Waals surface area (Å²) in [4.78, 5) is 4.48. The Morgan fingerprint density at radius 3 is 2.75 bits per heavy atom. The molecule has 0 unspecified atom stereocenters. The molecule has 1 aromatic rings. The van der Waals surface area contributed by atoms with E-state index in [1.54, 1.807) is 6.07 Å². The Kier molecular flexibility index (Phi) is 2.86. The lowest BCUT2D eigenvalue weighted by molar-refractivity contribution is 0.291. The van der Waals surface area contributed by atoms with Crippen molar-refractivity contribution in [1.29, 1.82) is 0 Å². The first-order chi connectivity index (χ1) is 7.58. The molecule has 1 N–H and O–H groups in total. The number of benzene rings is 1. The maximum atomic E-state index is 9.82. The molecule has 0 saturated carbocycles. The molecule has 0 amide bonds. The van der Waals surface area contributed by atoms with E-state index in [4.69, 9.17) is 4.74 Å². The SMILES string of the molecule is Cc1ccc(C2=N[C@H](C(C)C)CO2)c(O)c1. The number of aromatic hydroxyl groups is 1. The summed E-state index contributed by atoms with van der Waals surface area (Å²) < 4.78 is 5.52. The summed E-state index contributed by atoms with van der Waals surface area (Å²) in [5.74, 6) is 1.27. The number of nitrogens with zero attached hydrogens (tertiary/aromatic N) is 1. The lowest BCUT2D eigenvalue weighted by atomic mass is 10.1. The van der Waals surface area contributed by atoms with Gasteiger partial charge in [0.05, 0.1) is 11.6 Å². The van der Waals surface area contributed by atoms with Crippen molar-refractivity contribution in [3.05, 3.63) is 29.3 Å². The molecule has 0 saturated heterocycles. The summed E-state index contributed by atoms with van der Waals surface area (Å²) in [6, 6.07) is 5.73. The Hall–Kier alpha value is -1.51. The van der Waals surface area contributed by atoms with Crippen molar-refractivity contribution in [2.75, 3.05) is 6.61 Å². The second-order valence-electron chi connectivity index (χ2n) is 4.58. The van der Waals surface area contributed by atoms with Gasteiger partial charge in [-0.1, -0.05) is 19.9 Å². The predicted octanol–water partition coefficient (Wildman–Crippen LogP) is 2.50. The molecule has 1 aliphatic rings. The maximum absolute atomic E-state index is 9.82. The largest absolute Gasteiger partial charge is 0.507 e. The minimum absolute atomic E-state index is 0.204. The van der Waals surface area contributed by atoms with Crippen molar-refractivity contribution in [1.82, 2.24) is 0 Å². The van der Waals surface area contributed by atoms with Gasteiger partial charge < -0.3 is 9.84 Å². The summed E-state index contributed by atoms with van der Waals surface area (Å²) in [5.41, 5.74) is 1.72. The molecule has 0 bridgehead atoms. The lowest BCUT2D eigenvalue weighted by Crippen LogP contribution is -2.13. The first-order valence-electron chi connectivity index (χ1n) is 5.58. The van der Waals surface area contributed by atoms with Crippen LogP contribution in [0.4, 0.5) is 0 Å². The van der Waals surface area contributed by atoms with Crippen molar-refractivity contribution in [3.8, 4) is 5.75 Å². The van der Waals surface area contributed by atoms with Crippen molar-refractivity contribution in [2.45, 2.75) is 26.8 Å². The van der Waals surface area contributed by atoms with Gasteiger partial charge in [0.2, 0.25) is 5.90 Å². The van der Waals surface area contributed by atoms with Crippen LogP contribution in [0.3, 0.4) is 0 Å². The molecule has 1 heterocycles. The van der Waals surface area contributed by atoms with Crippen LogP contribution in [0, 0.1) is 12.8 Å². The molecular formula is C13H17NO2. The van der Waals surface area contributed by atoms with E-state index in [1.165, 1.54) is 0 Å². The van der Waals surface area contributed by atoms with Gasteiger partial charge >= 0.3 is 0 Å². The molecular weight excluding hydrogens is 202 g/mol. The van der Waals surface area contributed by atoms with Crippen LogP contribution in [0.5, 0.6) is 5.75 Å². The van der Waals surface area contributed by atoms with Crippen molar-refractivity contribution in [3.63, 3.8) is 0 Å². The van der Waals surface area contributed by atoms with Gasteiger partial charge in [-0.15, -0.1) is 0 Å². The molecule has 16 heavy (non-hydrogen) atoms. The zero-order valence-corrected chi connectivity index (χ0v) is 9.90. The molecule has 3 nitrogen and oxygen atoms in total. The van der Waals surface area contributed by atoms with Gasteiger partial charge in [0.15, 0.2) is 0 Å². The van der Waals surface area contributed by atoms with Crippen LogP contribution in [0.15, 0.2) is 23.2 Å². The number of ether oxygens (including phenoxy) is 1. The molecule has 0 aliphatic carbocycles. The first kappa shape index (κ1) is 11.0. The highest BCUT2D eigenvalue weighted by atomic mass is 16.5. The highest BCUT2D eigenvalue weighted by Gasteiger charge is 2.24. The number of phenolic OH excluding ortho intramolecular Hbond substituents is 1. The van der Waals surface area contributed by atoms with E-state index in [0.717, 1.165) is 5.56 Å². The van der Waals surface area contributed by atoms with Crippen molar-refractivity contribution in [2.24, 2.45) is 10.9 Å². The van der Waals surface area contributed by atoms with E-state index in [-0.39, 0.29) is 11.8 Å². The highest BCUT2D eigenvalue weighted by molar-refractivity contribution is 5.97. The zero-order valence-electron chi connectivity index (χ0n) is 9.90. The molecule has 0 spiro atoms. The first-order valence-corrected chi connectivity index (χ1v) is 5.58. The summed E-state index contributed by atoms with van der Waals surface area (Å²) in [6.07, 6.45) is 0. The zero-order chi connectivity index (χ0) is 11.7. The van der Waals surface area contributed by atoms with E-state index in [1.807, 2.05) is 19.1 Å². The van der Waals surface area contributed by atoms with Crippen LogP contribution in [0.25, 0.3) is 0 Å². The monoisotopic (exact) mass is 219 g/mol. The Morgan fingerprint density at radius 2 is 2.19 bits per heavy atom. The smallest absolute Gasteiger partial charge is 0.220 e. The van der Waals surface area contributed by atoms with Crippen LogP contribution >= 0.6 is 0 Å².